The predicted octanol–water partition coefficient (Wildman–Crippen LogP) is 5.51. The Labute approximate surface area is 149 Å². The first-order valence-electron chi connectivity index (χ1n) is 7.57. The first-order valence-corrected chi connectivity index (χ1v) is 9.07. The number of hydrogen-bond donors (Lipinski definition) is 0. The molecule has 2 unspecified atom stereocenters. The normalized spacial score (nSPS) is 23.9. The van der Waals surface area contributed by atoms with Crippen molar-refractivity contribution in [2.75, 3.05) is 11.9 Å². The van der Waals surface area contributed by atoms with Gasteiger partial charge in [0.25, 0.3) is 0 Å². The van der Waals surface area contributed by atoms with Crippen LogP contribution in [0.1, 0.15) is 18.9 Å². The van der Waals surface area contributed by atoms with Crippen LogP contribution in [0.25, 0.3) is 0 Å². The van der Waals surface area contributed by atoms with E-state index in [0.29, 0.717) is 17.0 Å². The van der Waals surface area contributed by atoms with Gasteiger partial charge in [0.05, 0.1) is 18.0 Å². The molecule has 1 fully saturated rings. The average Bonchev–Trinajstić information content (AvgIpc) is 3.03. The van der Waals surface area contributed by atoms with Crippen LogP contribution < -0.4 is 4.74 Å². The molecule has 0 N–H and O–H groups in total. The Morgan fingerprint density at radius 1 is 1.13 bits per heavy atom. The van der Waals surface area contributed by atoms with Crippen molar-refractivity contribution >= 4 is 27.5 Å². The summed E-state index contributed by atoms with van der Waals surface area (Å²) in [6.07, 6.45) is 1.07. The van der Waals surface area contributed by atoms with Crippen molar-refractivity contribution in [2.45, 2.75) is 25.2 Å². The molecule has 0 bridgehead atoms. The highest BCUT2D eigenvalue weighted by Crippen LogP contribution is 2.37. The van der Waals surface area contributed by atoms with Crippen molar-refractivity contribution in [3.8, 4) is 11.5 Å². The Bertz CT molecular complexity index is 644. The molecule has 0 saturated carbocycles. The predicted molar refractivity (Wildman–Crippen MR) is 94.6 cm³/mol. The third-order valence-corrected chi connectivity index (χ3v) is 4.82. The van der Waals surface area contributed by atoms with E-state index in [-0.39, 0.29) is 6.10 Å². The molecule has 3 rings (SSSR count). The Morgan fingerprint density at radius 2 is 1.74 bits per heavy atom. The standard InChI is InChI=1S/C18H18BrClO3/c1-2-15-11-21-18(12-19,23-15)13-3-7-16(8-4-13)22-17-9-5-14(20)6-10-17/h3-10,15H,2,11-12H2,1H3. The fourth-order valence-corrected chi connectivity index (χ4v) is 3.22. The van der Waals surface area contributed by atoms with E-state index in [0.717, 1.165) is 23.5 Å². The van der Waals surface area contributed by atoms with Crippen LogP contribution in [-0.4, -0.2) is 18.0 Å². The van der Waals surface area contributed by atoms with Crippen molar-refractivity contribution in [2.24, 2.45) is 0 Å². The summed E-state index contributed by atoms with van der Waals surface area (Å²) in [6, 6.07) is 15.1. The molecule has 0 aliphatic carbocycles. The van der Waals surface area contributed by atoms with Crippen LogP contribution in [-0.2, 0) is 15.3 Å². The Kier molecular flexibility index (Phi) is 5.27. The van der Waals surface area contributed by atoms with Gasteiger partial charge in [0, 0.05) is 10.6 Å². The summed E-state index contributed by atoms with van der Waals surface area (Å²) in [5, 5.41) is 1.28. The van der Waals surface area contributed by atoms with Crippen molar-refractivity contribution in [1.82, 2.24) is 0 Å². The van der Waals surface area contributed by atoms with Gasteiger partial charge in [-0.1, -0.05) is 34.5 Å². The highest BCUT2D eigenvalue weighted by Gasteiger charge is 2.41. The minimum atomic E-state index is -0.709. The van der Waals surface area contributed by atoms with E-state index >= 15 is 0 Å². The Morgan fingerprint density at radius 3 is 2.26 bits per heavy atom. The van der Waals surface area contributed by atoms with E-state index in [1.807, 2.05) is 36.4 Å². The Hall–Kier alpha value is -1.07. The van der Waals surface area contributed by atoms with E-state index < -0.39 is 5.79 Å². The molecule has 1 heterocycles. The van der Waals surface area contributed by atoms with Gasteiger partial charge in [0.1, 0.15) is 11.5 Å². The molecule has 1 saturated heterocycles. The van der Waals surface area contributed by atoms with Crippen LogP contribution >= 0.6 is 27.5 Å². The molecule has 0 amide bonds. The molecule has 1 aliphatic heterocycles. The molecule has 0 aromatic heterocycles. The summed E-state index contributed by atoms with van der Waals surface area (Å²) in [5.74, 6) is 0.794. The molecule has 1 aliphatic rings. The fourth-order valence-electron chi connectivity index (χ4n) is 2.48. The van der Waals surface area contributed by atoms with Crippen molar-refractivity contribution < 1.29 is 14.2 Å². The molecule has 122 valence electrons. The summed E-state index contributed by atoms with van der Waals surface area (Å²) < 4.78 is 17.8. The summed E-state index contributed by atoms with van der Waals surface area (Å²) >= 11 is 9.39. The van der Waals surface area contributed by atoms with E-state index in [1.165, 1.54) is 0 Å². The first kappa shape index (κ1) is 16.8. The largest absolute Gasteiger partial charge is 0.457 e. The summed E-state index contributed by atoms with van der Waals surface area (Å²) in [5.41, 5.74) is 0.980. The lowest BCUT2D eigenvalue weighted by atomic mass is 10.1. The number of ether oxygens (including phenoxy) is 3. The highest BCUT2D eigenvalue weighted by molar-refractivity contribution is 9.09. The van der Waals surface area contributed by atoms with Gasteiger partial charge in [-0.05, 0) is 55.0 Å². The lowest BCUT2D eigenvalue weighted by Crippen LogP contribution is -2.29. The molecule has 23 heavy (non-hydrogen) atoms. The van der Waals surface area contributed by atoms with E-state index in [4.69, 9.17) is 25.8 Å². The van der Waals surface area contributed by atoms with Gasteiger partial charge in [-0.15, -0.1) is 0 Å². The van der Waals surface area contributed by atoms with E-state index in [1.54, 1.807) is 12.1 Å². The minimum Gasteiger partial charge on any atom is -0.457 e. The smallest absolute Gasteiger partial charge is 0.205 e. The first-order chi connectivity index (χ1) is 11.1. The van der Waals surface area contributed by atoms with Crippen LogP contribution in [0.5, 0.6) is 11.5 Å². The number of alkyl halides is 1. The second-order valence-corrected chi connectivity index (χ2v) is 6.42. The molecular formula is C18H18BrClO3. The van der Waals surface area contributed by atoms with Gasteiger partial charge in [-0.25, -0.2) is 0 Å². The van der Waals surface area contributed by atoms with Crippen molar-refractivity contribution in [3.63, 3.8) is 0 Å². The summed E-state index contributed by atoms with van der Waals surface area (Å²) in [6.45, 7) is 2.71. The van der Waals surface area contributed by atoms with Gasteiger partial charge in [-0.3, -0.25) is 0 Å². The minimum absolute atomic E-state index is 0.137. The van der Waals surface area contributed by atoms with Crippen LogP contribution in [0, 0.1) is 0 Å². The second-order valence-electron chi connectivity index (χ2n) is 5.43. The summed E-state index contributed by atoms with van der Waals surface area (Å²) in [7, 11) is 0. The fraction of sp³-hybridized carbons (Fsp3) is 0.333. The molecule has 3 nitrogen and oxygen atoms in total. The van der Waals surface area contributed by atoms with Crippen LogP contribution in [0.4, 0.5) is 0 Å². The summed E-state index contributed by atoms with van der Waals surface area (Å²) in [4.78, 5) is 0. The van der Waals surface area contributed by atoms with Crippen LogP contribution in [0.15, 0.2) is 48.5 Å². The molecule has 0 spiro atoms. The molecular weight excluding hydrogens is 380 g/mol. The molecule has 2 atom stereocenters. The maximum Gasteiger partial charge on any atom is 0.205 e. The van der Waals surface area contributed by atoms with E-state index in [2.05, 4.69) is 22.9 Å². The third-order valence-electron chi connectivity index (χ3n) is 3.83. The van der Waals surface area contributed by atoms with Gasteiger partial charge in [-0.2, -0.15) is 0 Å². The lowest BCUT2D eigenvalue weighted by Gasteiger charge is -2.26. The van der Waals surface area contributed by atoms with Gasteiger partial charge >= 0.3 is 0 Å². The number of rotatable bonds is 5. The topological polar surface area (TPSA) is 27.7 Å². The Balaban J connectivity index is 1.75. The quantitative estimate of drug-likeness (QED) is 0.623. The maximum atomic E-state index is 6.08. The molecule has 0 radical (unpaired) electrons. The highest BCUT2D eigenvalue weighted by atomic mass is 79.9. The van der Waals surface area contributed by atoms with Gasteiger partial charge in [0.15, 0.2) is 0 Å². The van der Waals surface area contributed by atoms with Crippen molar-refractivity contribution in [1.29, 1.82) is 0 Å². The monoisotopic (exact) mass is 396 g/mol. The van der Waals surface area contributed by atoms with Gasteiger partial charge in [0.2, 0.25) is 5.79 Å². The number of hydrogen-bond acceptors (Lipinski definition) is 3. The average molecular weight is 398 g/mol. The zero-order chi connectivity index (χ0) is 16.3. The number of benzene rings is 2. The zero-order valence-electron chi connectivity index (χ0n) is 12.8. The third kappa shape index (κ3) is 3.72. The van der Waals surface area contributed by atoms with Crippen molar-refractivity contribution in [3.05, 3.63) is 59.1 Å². The van der Waals surface area contributed by atoms with Crippen LogP contribution in [0.3, 0.4) is 0 Å². The second kappa shape index (κ2) is 7.22. The number of halogens is 2. The molecule has 2 aromatic rings. The molecule has 5 heteroatoms. The SMILES string of the molecule is CCC1COC(CBr)(c2ccc(Oc3ccc(Cl)cc3)cc2)O1. The lowest BCUT2D eigenvalue weighted by molar-refractivity contribution is -0.156. The molecule has 2 aromatic carbocycles. The van der Waals surface area contributed by atoms with Crippen LogP contribution in [0.2, 0.25) is 5.02 Å². The van der Waals surface area contributed by atoms with Gasteiger partial charge < -0.3 is 14.2 Å². The zero-order valence-corrected chi connectivity index (χ0v) is 15.1. The maximum absolute atomic E-state index is 6.08. The van der Waals surface area contributed by atoms with E-state index in [9.17, 15) is 0 Å².